The minimum Gasteiger partial charge on any atom is -0.496 e. The summed E-state index contributed by atoms with van der Waals surface area (Å²) in [6.45, 7) is 3.61. The lowest BCUT2D eigenvalue weighted by Crippen LogP contribution is -2.48. The first kappa shape index (κ1) is 22.0. The van der Waals surface area contributed by atoms with Crippen molar-refractivity contribution in [3.05, 3.63) is 71.8 Å². The monoisotopic (exact) mass is 437 g/mol. The van der Waals surface area contributed by atoms with E-state index in [-0.39, 0.29) is 11.7 Å². The molecule has 1 fully saturated rings. The van der Waals surface area contributed by atoms with Crippen molar-refractivity contribution in [3.8, 4) is 16.9 Å². The molecule has 1 aliphatic rings. The van der Waals surface area contributed by atoms with Gasteiger partial charge in [0.05, 0.1) is 19.3 Å². The van der Waals surface area contributed by atoms with E-state index >= 15 is 0 Å². The van der Waals surface area contributed by atoms with Crippen molar-refractivity contribution in [1.82, 2.24) is 15.1 Å². The van der Waals surface area contributed by atoms with Crippen LogP contribution in [0.5, 0.6) is 5.75 Å². The van der Waals surface area contributed by atoms with E-state index in [0.717, 1.165) is 23.2 Å². The Kier molecular flexibility index (Phi) is 6.55. The molecule has 0 aliphatic carbocycles. The van der Waals surface area contributed by atoms with Crippen LogP contribution in [0, 0.1) is 12.7 Å². The number of amides is 1. The summed E-state index contributed by atoms with van der Waals surface area (Å²) in [4.78, 5) is 13.1. The van der Waals surface area contributed by atoms with Crippen LogP contribution >= 0.6 is 0 Å². The van der Waals surface area contributed by atoms with Crippen LogP contribution in [-0.4, -0.2) is 41.6 Å². The minimum absolute atomic E-state index is 0.0882. The van der Waals surface area contributed by atoms with Crippen LogP contribution in [0.25, 0.3) is 11.1 Å². The largest absolute Gasteiger partial charge is 0.496 e. The van der Waals surface area contributed by atoms with Crippen LogP contribution in [0.15, 0.2) is 54.7 Å². The van der Waals surface area contributed by atoms with Gasteiger partial charge in [0, 0.05) is 31.3 Å². The predicted molar refractivity (Wildman–Crippen MR) is 120 cm³/mol. The van der Waals surface area contributed by atoms with E-state index in [9.17, 15) is 9.18 Å². The maximum Gasteiger partial charge on any atom is 0.252 e. The molecule has 3 aromatic rings. The number of benzene rings is 2. The normalized spacial score (nSPS) is 18.0. The molecular formula is C25H28FN3O3. The number of ether oxygens (including phenoxy) is 2. The van der Waals surface area contributed by atoms with Crippen molar-refractivity contribution >= 4 is 5.91 Å². The average Bonchev–Trinajstić information content (AvgIpc) is 3.44. The fourth-order valence-corrected chi connectivity index (χ4v) is 4.17. The first-order valence-corrected chi connectivity index (χ1v) is 10.8. The van der Waals surface area contributed by atoms with Gasteiger partial charge in [-0.3, -0.25) is 9.48 Å². The van der Waals surface area contributed by atoms with E-state index < -0.39 is 5.60 Å². The number of aromatic nitrogens is 2. The zero-order valence-electron chi connectivity index (χ0n) is 18.4. The van der Waals surface area contributed by atoms with Crippen molar-refractivity contribution in [2.24, 2.45) is 0 Å². The molecule has 2 aromatic carbocycles. The second kappa shape index (κ2) is 9.53. The quantitative estimate of drug-likeness (QED) is 0.580. The van der Waals surface area contributed by atoms with Crippen LogP contribution < -0.4 is 10.1 Å². The van der Waals surface area contributed by atoms with Crippen molar-refractivity contribution < 1.29 is 18.7 Å². The molecule has 1 unspecified atom stereocenters. The third-order valence-corrected chi connectivity index (χ3v) is 5.83. The average molecular weight is 438 g/mol. The summed E-state index contributed by atoms with van der Waals surface area (Å²) < 4.78 is 26.9. The molecule has 1 amide bonds. The van der Waals surface area contributed by atoms with Crippen LogP contribution in [0.1, 0.15) is 24.1 Å². The molecule has 0 radical (unpaired) electrons. The highest BCUT2D eigenvalue weighted by Crippen LogP contribution is 2.33. The fourth-order valence-electron chi connectivity index (χ4n) is 4.17. The smallest absolute Gasteiger partial charge is 0.252 e. The molecular weight excluding hydrogens is 409 g/mol. The van der Waals surface area contributed by atoms with Crippen molar-refractivity contribution in [3.63, 3.8) is 0 Å². The summed E-state index contributed by atoms with van der Waals surface area (Å²) in [5.41, 5.74) is 2.62. The summed E-state index contributed by atoms with van der Waals surface area (Å²) >= 11 is 0. The van der Waals surface area contributed by atoms with Crippen molar-refractivity contribution in [2.75, 3.05) is 20.3 Å². The Morgan fingerprint density at radius 3 is 2.72 bits per heavy atom. The molecule has 1 aliphatic heterocycles. The van der Waals surface area contributed by atoms with Crippen LogP contribution in [0.4, 0.5) is 4.39 Å². The number of carbonyl (C=O) groups excluding carboxylic acids is 1. The lowest BCUT2D eigenvalue weighted by molar-refractivity contribution is -0.141. The maximum absolute atomic E-state index is 13.7. The van der Waals surface area contributed by atoms with Gasteiger partial charge < -0.3 is 14.8 Å². The van der Waals surface area contributed by atoms with Gasteiger partial charge in [-0.15, -0.1) is 0 Å². The standard InChI is InChI=1S/C25H28FN3O3/c1-18-10-13-29(28-18)14-12-27-24(30)25(11-3-15-32-25)17-19-4-6-20(7-5-19)22-16-21(26)8-9-23(22)31-2/h4-10,13,16H,3,11-12,14-15,17H2,1-2H3,(H,27,30). The molecule has 2 heterocycles. The van der Waals surface area contributed by atoms with Crippen LogP contribution in [0.2, 0.25) is 0 Å². The Balaban J connectivity index is 1.44. The Hall–Kier alpha value is -3.19. The van der Waals surface area contributed by atoms with Gasteiger partial charge >= 0.3 is 0 Å². The lowest BCUT2D eigenvalue weighted by Gasteiger charge is -2.27. The van der Waals surface area contributed by atoms with Crippen LogP contribution in [-0.2, 0) is 22.5 Å². The first-order chi connectivity index (χ1) is 15.5. The molecule has 32 heavy (non-hydrogen) atoms. The van der Waals surface area contributed by atoms with Crippen LogP contribution in [0.3, 0.4) is 0 Å². The highest BCUT2D eigenvalue weighted by molar-refractivity contribution is 5.86. The molecule has 1 atom stereocenters. The number of aryl methyl sites for hydroxylation is 1. The highest BCUT2D eigenvalue weighted by atomic mass is 19.1. The molecule has 168 valence electrons. The zero-order chi connectivity index (χ0) is 22.6. The van der Waals surface area contributed by atoms with Gasteiger partial charge in [0.2, 0.25) is 0 Å². The summed E-state index contributed by atoms with van der Waals surface area (Å²) in [6.07, 6.45) is 3.92. The Bertz CT molecular complexity index is 1070. The Labute approximate surface area is 187 Å². The SMILES string of the molecule is COc1ccc(F)cc1-c1ccc(CC2(C(=O)NCCn3ccc(C)n3)CCCO2)cc1. The number of hydrogen-bond donors (Lipinski definition) is 1. The van der Waals surface area contributed by atoms with Crippen molar-refractivity contribution in [1.29, 1.82) is 0 Å². The van der Waals surface area contributed by atoms with Gasteiger partial charge in [0.25, 0.3) is 5.91 Å². The molecule has 6 nitrogen and oxygen atoms in total. The van der Waals surface area contributed by atoms with E-state index in [0.29, 0.717) is 43.9 Å². The number of nitrogens with one attached hydrogen (secondary N) is 1. The molecule has 1 aromatic heterocycles. The molecule has 4 rings (SSSR count). The Morgan fingerprint density at radius 2 is 2.06 bits per heavy atom. The van der Waals surface area contributed by atoms with Gasteiger partial charge in [-0.25, -0.2) is 4.39 Å². The molecule has 0 spiro atoms. The molecule has 1 N–H and O–H groups in total. The number of carbonyl (C=O) groups is 1. The zero-order valence-corrected chi connectivity index (χ0v) is 18.4. The Morgan fingerprint density at radius 1 is 1.25 bits per heavy atom. The fraction of sp³-hybridized carbons (Fsp3) is 0.360. The van der Waals surface area contributed by atoms with Gasteiger partial charge in [-0.1, -0.05) is 24.3 Å². The predicted octanol–water partition coefficient (Wildman–Crippen LogP) is 3.91. The molecule has 0 saturated carbocycles. The third kappa shape index (κ3) is 4.83. The van der Waals surface area contributed by atoms with Crippen molar-refractivity contribution in [2.45, 2.75) is 38.3 Å². The highest BCUT2D eigenvalue weighted by Gasteiger charge is 2.42. The van der Waals surface area contributed by atoms with E-state index in [4.69, 9.17) is 9.47 Å². The summed E-state index contributed by atoms with van der Waals surface area (Å²) in [6, 6.07) is 14.2. The first-order valence-electron chi connectivity index (χ1n) is 10.8. The number of methoxy groups -OCH3 is 1. The summed E-state index contributed by atoms with van der Waals surface area (Å²) in [7, 11) is 1.57. The summed E-state index contributed by atoms with van der Waals surface area (Å²) in [5.74, 6) is 0.210. The molecule has 0 bridgehead atoms. The van der Waals surface area contributed by atoms with Gasteiger partial charge in [-0.2, -0.15) is 5.10 Å². The minimum atomic E-state index is -0.863. The number of hydrogen-bond acceptors (Lipinski definition) is 4. The second-order valence-corrected chi connectivity index (χ2v) is 8.14. The van der Waals surface area contributed by atoms with Gasteiger partial charge in [0.1, 0.15) is 11.6 Å². The number of nitrogens with zero attached hydrogens (tertiary/aromatic N) is 2. The third-order valence-electron chi connectivity index (χ3n) is 5.83. The topological polar surface area (TPSA) is 65.4 Å². The lowest BCUT2D eigenvalue weighted by atomic mass is 9.89. The second-order valence-electron chi connectivity index (χ2n) is 8.14. The van der Waals surface area contributed by atoms with Gasteiger partial charge in [0.15, 0.2) is 5.60 Å². The van der Waals surface area contributed by atoms with Gasteiger partial charge in [-0.05, 0) is 55.2 Å². The number of rotatable bonds is 8. The van der Waals surface area contributed by atoms with E-state index in [1.54, 1.807) is 13.2 Å². The van der Waals surface area contributed by atoms with E-state index in [2.05, 4.69) is 10.4 Å². The number of halogens is 1. The summed E-state index contributed by atoms with van der Waals surface area (Å²) in [5, 5.41) is 7.36. The van der Waals surface area contributed by atoms with E-state index in [1.165, 1.54) is 12.1 Å². The van der Waals surface area contributed by atoms with E-state index in [1.807, 2.05) is 48.1 Å². The molecule has 7 heteroatoms. The maximum atomic E-state index is 13.7. The molecule has 1 saturated heterocycles.